The van der Waals surface area contributed by atoms with Gasteiger partial charge < -0.3 is 9.64 Å². The summed E-state index contributed by atoms with van der Waals surface area (Å²) in [5.74, 6) is -0.244. The molecule has 2 aromatic carbocycles. The summed E-state index contributed by atoms with van der Waals surface area (Å²) in [4.78, 5) is 29.9. The van der Waals surface area contributed by atoms with E-state index in [0.717, 1.165) is 38.5 Å². The molecule has 0 aromatic heterocycles. The minimum absolute atomic E-state index is 0.0448. The van der Waals surface area contributed by atoms with Gasteiger partial charge in [-0.05, 0) is 80.5 Å². The van der Waals surface area contributed by atoms with E-state index >= 15 is 0 Å². The predicted octanol–water partition coefficient (Wildman–Crippen LogP) is 4.95. The third-order valence-electron chi connectivity index (χ3n) is 8.88. The maximum atomic E-state index is 13.6. The summed E-state index contributed by atoms with van der Waals surface area (Å²) >= 11 is 0. The Hall–Kier alpha value is -2.92. The van der Waals surface area contributed by atoms with E-state index in [9.17, 15) is 9.59 Å². The number of ether oxygens (including phenoxy) is 1. The zero-order valence-electron chi connectivity index (χ0n) is 21.2. The minimum atomic E-state index is -0.322. The van der Waals surface area contributed by atoms with Gasteiger partial charge in [0.05, 0.1) is 19.1 Å². The van der Waals surface area contributed by atoms with Gasteiger partial charge in [0.25, 0.3) is 0 Å². The van der Waals surface area contributed by atoms with Gasteiger partial charge in [-0.1, -0.05) is 54.6 Å². The van der Waals surface area contributed by atoms with Crippen LogP contribution in [0.4, 0.5) is 0 Å². The van der Waals surface area contributed by atoms with E-state index in [1.54, 1.807) is 0 Å². The molecule has 2 aliphatic carbocycles. The highest BCUT2D eigenvalue weighted by molar-refractivity contribution is 5.86. The third-order valence-corrected chi connectivity index (χ3v) is 8.88. The maximum Gasteiger partial charge on any atom is 0.306 e. The molecule has 0 unspecified atom stereocenters. The molecule has 35 heavy (non-hydrogen) atoms. The lowest BCUT2D eigenvalue weighted by Crippen LogP contribution is -2.60. The average Bonchev–Trinajstić information content (AvgIpc) is 3.28. The van der Waals surface area contributed by atoms with Gasteiger partial charge in [-0.15, -0.1) is 0 Å². The standard InChI is InChI=1S/C30H36N2O3/c1-31(2)29(23-10-5-4-6-11-23)16-18-30(19-17-29)26-21-22-9-7-8-12-24(22)25(26)15-20-32(30)27(33)13-14-28(34)35-3/h4-12H,13-21H2,1-3H3. The molecule has 184 valence electrons. The van der Waals surface area contributed by atoms with Crippen LogP contribution in [0, 0.1) is 0 Å². The number of amides is 1. The lowest BCUT2D eigenvalue weighted by atomic mass is 9.63. The van der Waals surface area contributed by atoms with Crippen molar-refractivity contribution in [3.8, 4) is 0 Å². The fourth-order valence-corrected chi connectivity index (χ4v) is 6.96. The monoisotopic (exact) mass is 472 g/mol. The van der Waals surface area contributed by atoms with E-state index in [4.69, 9.17) is 4.74 Å². The molecule has 0 bridgehead atoms. The Labute approximate surface area is 208 Å². The van der Waals surface area contributed by atoms with E-state index in [1.165, 1.54) is 34.9 Å². The van der Waals surface area contributed by atoms with Crippen molar-refractivity contribution in [2.45, 2.75) is 62.4 Å². The summed E-state index contributed by atoms with van der Waals surface area (Å²) in [6.07, 6.45) is 5.98. The largest absolute Gasteiger partial charge is 0.469 e. The summed E-state index contributed by atoms with van der Waals surface area (Å²) in [6, 6.07) is 19.6. The molecule has 0 atom stereocenters. The number of rotatable bonds is 5. The summed E-state index contributed by atoms with van der Waals surface area (Å²) in [6.45, 7) is 0.716. The Morgan fingerprint density at radius 2 is 1.63 bits per heavy atom. The van der Waals surface area contributed by atoms with Crippen LogP contribution in [0.3, 0.4) is 0 Å². The number of hydrogen-bond donors (Lipinski definition) is 0. The summed E-state index contributed by atoms with van der Waals surface area (Å²) in [5.41, 5.74) is 6.67. The normalized spacial score (nSPS) is 25.5. The summed E-state index contributed by atoms with van der Waals surface area (Å²) in [7, 11) is 5.75. The first-order valence-corrected chi connectivity index (χ1v) is 12.8. The molecule has 1 heterocycles. The second-order valence-electron chi connectivity index (χ2n) is 10.5. The molecule has 1 amide bonds. The number of fused-ring (bicyclic) bond motifs is 3. The van der Waals surface area contributed by atoms with Crippen molar-refractivity contribution >= 4 is 17.4 Å². The first-order chi connectivity index (χ1) is 16.9. The number of benzene rings is 2. The first kappa shape index (κ1) is 23.8. The lowest BCUT2D eigenvalue weighted by Gasteiger charge is -2.56. The Kier molecular flexibility index (Phi) is 6.30. The van der Waals surface area contributed by atoms with Crippen molar-refractivity contribution in [2.24, 2.45) is 0 Å². The molecular weight excluding hydrogens is 436 g/mol. The summed E-state index contributed by atoms with van der Waals surface area (Å²) in [5, 5.41) is 0. The Morgan fingerprint density at radius 1 is 0.943 bits per heavy atom. The van der Waals surface area contributed by atoms with Gasteiger partial charge in [-0.2, -0.15) is 0 Å². The number of methoxy groups -OCH3 is 1. The number of esters is 1. The second-order valence-corrected chi connectivity index (χ2v) is 10.5. The lowest BCUT2D eigenvalue weighted by molar-refractivity contribution is -0.146. The molecule has 1 spiro atoms. The van der Waals surface area contributed by atoms with Gasteiger partial charge in [-0.25, -0.2) is 0 Å². The molecule has 1 fully saturated rings. The van der Waals surface area contributed by atoms with Crippen LogP contribution in [0.1, 0.15) is 61.6 Å². The van der Waals surface area contributed by atoms with Crippen molar-refractivity contribution in [3.05, 3.63) is 76.9 Å². The fourth-order valence-electron chi connectivity index (χ4n) is 6.96. The average molecular weight is 473 g/mol. The molecule has 2 aromatic rings. The van der Waals surface area contributed by atoms with Crippen molar-refractivity contribution in [2.75, 3.05) is 27.7 Å². The molecule has 0 N–H and O–H groups in total. The van der Waals surface area contributed by atoms with Crippen LogP contribution >= 0.6 is 0 Å². The topological polar surface area (TPSA) is 49.9 Å². The van der Waals surface area contributed by atoms with Crippen LogP contribution in [0.25, 0.3) is 5.57 Å². The van der Waals surface area contributed by atoms with Crippen molar-refractivity contribution < 1.29 is 14.3 Å². The van der Waals surface area contributed by atoms with E-state index in [-0.39, 0.29) is 35.8 Å². The molecule has 5 heteroatoms. The van der Waals surface area contributed by atoms with Crippen LogP contribution in [0.15, 0.2) is 60.2 Å². The molecule has 0 saturated heterocycles. The fraction of sp³-hybridized carbons (Fsp3) is 0.467. The molecule has 0 radical (unpaired) electrons. The van der Waals surface area contributed by atoms with Gasteiger partial charge in [-0.3, -0.25) is 14.5 Å². The zero-order valence-corrected chi connectivity index (χ0v) is 21.2. The van der Waals surface area contributed by atoms with Crippen molar-refractivity contribution in [1.82, 2.24) is 9.80 Å². The van der Waals surface area contributed by atoms with Gasteiger partial charge in [0.1, 0.15) is 0 Å². The van der Waals surface area contributed by atoms with E-state index < -0.39 is 0 Å². The third kappa shape index (κ3) is 3.90. The zero-order chi connectivity index (χ0) is 24.6. The summed E-state index contributed by atoms with van der Waals surface area (Å²) < 4.78 is 4.81. The van der Waals surface area contributed by atoms with Crippen molar-refractivity contribution in [3.63, 3.8) is 0 Å². The molecule has 3 aliphatic rings. The molecule has 1 aliphatic heterocycles. The van der Waals surface area contributed by atoms with Crippen LogP contribution in [0.2, 0.25) is 0 Å². The van der Waals surface area contributed by atoms with Gasteiger partial charge >= 0.3 is 5.97 Å². The number of nitrogens with zero attached hydrogens (tertiary/aromatic N) is 2. The number of carbonyl (C=O) groups is 2. The molecular formula is C30H36N2O3. The first-order valence-electron chi connectivity index (χ1n) is 12.8. The highest BCUT2D eigenvalue weighted by Crippen LogP contribution is 2.55. The highest BCUT2D eigenvalue weighted by Gasteiger charge is 2.53. The number of carbonyl (C=O) groups excluding carboxylic acids is 2. The second kappa shape index (κ2) is 9.27. The predicted molar refractivity (Wildman–Crippen MR) is 138 cm³/mol. The molecule has 5 rings (SSSR count). The Morgan fingerprint density at radius 3 is 2.31 bits per heavy atom. The van der Waals surface area contributed by atoms with Gasteiger partial charge in [0.2, 0.25) is 5.91 Å². The van der Waals surface area contributed by atoms with Crippen LogP contribution < -0.4 is 0 Å². The molecule has 5 nitrogen and oxygen atoms in total. The van der Waals surface area contributed by atoms with E-state index in [2.05, 4.69) is 78.5 Å². The highest BCUT2D eigenvalue weighted by atomic mass is 16.5. The van der Waals surface area contributed by atoms with E-state index in [1.807, 2.05) is 0 Å². The molecule has 1 saturated carbocycles. The smallest absolute Gasteiger partial charge is 0.306 e. The SMILES string of the molecule is COC(=O)CCC(=O)N1CCC2=C(Cc3ccccc32)C12CCC(c1ccccc1)(N(C)C)CC2. The van der Waals surface area contributed by atoms with Crippen LogP contribution in [-0.2, 0) is 26.3 Å². The Balaban J connectivity index is 1.51. The van der Waals surface area contributed by atoms with Crippen LogP contribution in [0.5, 0.6) is 0 Å². The number of hydrogen-bond acceptors (Lipinski definition) is 4. The van der Waals surface area contributed by atoms with Crippen LogP contribution in [-0.4, -0.2) is 55.0 Å². The van der Waals surface area contributed by atoms with E-state index in [0.29, 0.717) is 6.54 Å². The maximum absolute atomic E-state index is 13.6. The van der Waals surface area contributed by atoms with Gasteiger partial charge in [0, 0.05) is 18.5 Å². The Bertz CT molecular complexity index is 1140. The van der Waals surface area contributed by atoms with Crippen molar-refractivity contribution in [1.29, 1.82) is 0 Å². The van der Waals surface area contributed by atoms with Gasteiger partial charge in [0.15, 0.2) is 0 Å². The quantitative estimate of drug-likeness (QED) is 0.578. The minimum Gasteiger partial charge on any atom is -0.469 e.